The van der Waals surface area contributed by atoms with Gasteiger partial charge in [0.25, 0.3) is 0 Å². The molecule has 18 heavy (non-hydrogen) atoms. The van der Waals surface area contributed by atoms with Crippen LogP contribution < -0.4 is 0 Å². The Hall–Kier alpha value is -1.46. The van der Waals surface area contributed by atoms with Gasteiger partial charge in [-0.05, 0) is 17.7 Å². The topological polar surface area (TPSA) is 38.0 Å². The second-order valence-electron chi connectivity index (χ2n) is 4.00. The summed E-state index contributed by atoms with van der Waals surface area (Å²) >= 11 is 5.88. The molecule has 1 heterocycles. The number of hydrogen-bond acceptors (Lipinski definition) is 2. The fourth-order valence-electron chi connectivity index (χ4n) is 1.84. The molecule has 1 unspecified atom stereocenters. The van der Waals surface area contributed by atoms with Crippen LogP contribution in [-0.2, 0) is 13.5 Å². The highest BCUT2D eigenvalue weighted by atomic mass is 35.5. The van der Waals surface area contributed by atoms with E-state index in [2.05, 4.69) is 5.10 Å². The Kier molecular flexibility index (Phi) is 3.63. The van der Waals surface area contributed by atoms with Crippen LogP contribution in [0.1, 0.15) is 17.4 Å². The van der Waals surface area contributed by atoms with E-state index in [0.717, 1.165) is 6.07 Å². The number of aliphatic hydroxyl groups is 1. The Morgan fingerprint density at radius 1 is 1.33 bits per heavy atom. The molecule has 0 aliphatic carbocycles. The molecular weight excluding hydrogens is 262 g/mol. The Labute approximate surface area is 108 Å². The Bertz CT molecular complexity index is 531. The first-order valence-electron chi connectivity index (χ1n) is 5.28. The average Bonchev–Trinajstić information content (AvgIpc) is 2.56. The Balaban J connectivity index is 2.24. The predicted molar refractivity (Wildman–Crippen MR) is 63.2 cm³/mol. The normalized spacial score (nSPS) is 12.7. The Morgan fingerprint density at radius 2 is 1.94 bits per heavy atom. The monoisotopic (exact) mass is 272 g/mol. The molecule has 0 spiro atoms. The van der Waals surface area contributed by atoms with Crippen LogP contribution in [0.4, 0.5) is 8.78 Å². The molecule has 6 heteroatoms. The van der Waals surface area contributed by atoms with E-state index in [0.29, 0.717) is 16.3 Å². The first kappa shape index (κ1) is 13.0. The zero-order valence-electron chi connectivity index (χ0n) is 9.57. The number of hydrogen-bond donors (Lipinski definition) is 1. The van der Waals surface area contributed by atoms with Crippen LogP contribution in [0.25, 0.3) is 0 Å². The third kappa shape index (κ3) is 2.68. The second-order valence-corrected chi connectivity index (χ2v) is 4.41. The van der Waals surface area contributed by atoms with Crippen LogP contribution in [0, 0.1) is 11.6 Å². The third-order valence-electron chi connectivity index (χ3n) is 2.60. The lowest BCUT2D eigenvalue weighted by molar-refractivity contribution is 0.168. The predicted octanol–water partition coefficient (Wildman–Crippen LogP) is 2.63. The number of benzene rings is 1. The minimum atomic E-state index is -0.966. The smallest absolute Gasteiger partial charge is 0.126 e. The summed E-state index contributed by atoms with van der Waals surface area (Å²) in [5, 5.41) is 14.2. The van der Waals surface area contributed by atoms with E-state index in [4.69, 9.17) is 11.6 Å². The van der Waals surface area contributed by atoms with Gasteiger partial charge >= 0.3 is 0 Å². The van der Waals surface area contributed by atoms with Crippen LogP contribution in [0.2, 0.25) is 5.02 Å². The molecule has 0 radical (unpaired) electrons. The highest BCUT2D eigenvalue weighted by molar-refractivity contribution is 6.31. The van der Waals surface area contributed by atoms with E-state index < -0.39 is 17.7 Å². The summed E-state index contributed by atoms with van der Waals surface area (Å²) in [4.78, 5) is 0. The lowest BCUT2D eigenvalue weighted by Crippen LogP contribution is -2.09. The molecule has 2 rings (SSSR count). The summed E-state index contributed by atoms with van der Waals surface area (Å²) in [5.74, 6) is -1.35. The molecule has 1 aromatic carbocycles. The van der Waals surface area contributed by atoms with Crippen LogP contribution >= 0.6 is 11.6 Å². The molecule has 3 nitrogen and oxygen atoms in total. The van der Waals surface area contributed by atoms with Crippen molar-refractivity contribution >= 4 is 11.6 Å². The lowest BCUT2D eigenvalue weighted by atomic mass is 10.1. The molecule has 1 atom stereocenters. The number of rotatable bonds is 3. The van der Waals surface area contributed by atoms with Crippen molar-refractivity contribution in [3.63, 3.8) is 0 Å². The van der Waals surface area contributed by atoms with Crippen LogP contribution in [-0.4, -0.2) is 14.9 Å². The zero-order chi connectivity index (χ0) is 13.3. The van der Waals surface area contributed by atoms with E-state index in [1.807, 2.05) is 0 Å². The van der Waals surface area contributed by atoms with Gasteiger partial charge in [-0.3, -0.25) is 4.68 Å². The highest BCUT2D eigenvalue weighted by Crippen LogP contribution is 2.25. The molecule has 0 saturated carbocycles. The summed E-state index contributed by atoms with van der Waals surface area (Å²) in [7, 11) is 1.64. The van der Waals surface area contributed by atoms with Crippen LogP contribution in [0.15, 0.2) is 24.4 Å². The fourth-order valence-corrected chi connectivity index (χ4v) is 2.14. The van der Waals surface area contributed by atoms with Crippen molar-refractivity contribution in [3.8, 4) is 0 Å². The Morgan fingerprint density at radius 3 is 2.44 bits per heavy atom. The van der Waals surface area contributed by atoms with Crippen molar-refractivity contribution in [2.75, 3.05) is 0 Å². The maximum absolute atomic E-state index is 13.0. The van der Waals surface area contributed by atoms with Crippen molar-refractivity contribution in [1.29, 1.82) is 0 Å². The zero-order valence-corrected chi connectivity index (χ0v) is 10.3. The van der Waals surface area contributed by atoms with E-state index in [-0.39, 0.29) is 6.42 Å². The van der Waals surface area contributed by atoms with Gasteiger partial charge in [0.2, 0.25) is 0 Å². The summed E-state index contributed by atoms with van der Waals surface area (Å²) in [5.41, 5.74) is 0.776. The van der Waals surface area contributed by atoms with Crippen molar-refractivity contribution in [2.45, 2.75) is 12.5 Å². The van der Waals surface area contributed by atoms with Crippen molar-refractivity contribution in [1.82, 2.24) is 9.78 Å². The van der Waals surface area contributed by atoms with Gasteiger partial charge < -0.3 is 5.11 Å². The van der Waals surface area contributed by atoms with Gasteiger partial charge in [0.05, 0.1) is 16.9 Å². The average molecular weight is 273 g/mol. The van der Waals surface area contributed by atoms with Crippen molar-refractivity contribution in [2.24, 2.45) is 7.05 Å². The van der Waals surface area contributed by atoms with Crippen LogP contribution in [0.5, 0.6) is 0 Å². The SMILES string of the molecule is Cn1ncc(Cl)c1C(O)Cc1cc(F)cc(F)c1. The number of halogens is 3. The number of aryl methyl sites for hydroxylation is 1. The van der Waals surface area contributed by atoms with E-state index >= 15 is 0 Å². The number of aliphatic hydroxyl groups excluding tert-OH is 1. The van der Waals surface area contributed by atoms with Gasteiger partial charge in [0, 0.05) is 19.5 Å². The molecular formula is C12H11ClF2N2O. The summed E-state index contributed by atoms with van der Waals surface area (Å²) in [6.07, 6.45) is 0.506. The molecule has 2 aromatic rings. The van der Waals surface area contributed by atoms with Crippen LogP contribution in [0.3, 0.4) is 0 Å². The van der Waals surface area contributed by atoms with Gasteiger partial charge in [-0.25, -0.2) is 8.78 Å². The summed E-state index contributed by atoms with van der Waals surface area (Å²) in [6.45, 7) is 0. The summed E-state index contributed by atoms with van der Waals surface area (Å²) in [6, 6.07) is 3.14. The number of aromatic nitrogens is 2. The quantitative estimate of drug-likeness (QED) is 0.933. The van der Waals surface area contributed by atoms with Gasteiger partial charge in [-0.15, -0.1) is 0 Å². The van der Waals surface area contributed by atoms with Crippen molar-refractivity contribution < 1.29 is 13.9 Å². The standard InChI is InChI=1S/C12H11ClF2N2O/c1-17-12(10(13)6-16-17)11(18)4-7-2-8(14)5-9(15)3-7/h2-3,5-6,11,18H,4H2,1H3. The molecule has 0 amide bonds. The maximum atomic E-state index is 13.0. The second kappa shape index (κ2) is 5.04. The van der Waals surface area contributed by atoms with Gasteiger partial charge in [-0.1, -0.05) is 11.6 Å². The molecule has 1 N–H and O–H groups in total. The van der Waals surface area contributed by atoms with Gasteiger partial charge in [0.1, 0.15) is 17.7 Å². The molecule has 96 valence electrons. The summed E-state index contributed by atoms with van der Waals surface area (Å²) < 4.78 is 27.5. The van der Waals surface area contributed by atoms with E-state index in [1.54, 1.807) is 7.05 Å². The lowest BCUT2D eigenvalue weighted by Gasteiger charge is -2.12. The van der Waals surface area contributed by atoms with E-state index in [9.17, 15) is 13.9 Å². The first-order chi connectivity index (χ1) is 8.47. The van der Waals surface area contributed by atoms with Gasteiger partial charge in [0.15, 0.2) is 0 Å². The largest absolute Gasteiger partial charge is 0.386 e. The van der Waals surface area contributed by atoms with Gasteiger partial charge in [-0.2, -0.15) is 5.10 Å². The minimum Gasteiger partial charge on any atom is -0.386 e. The third-order valence-corrected chi connectivity index (χ3v) is 2.90. The molecule has 0 bridgehead atoms. The van der Waals surface area contributed by atoms with Crippen molar-refractivity contribution in [3.05, 3.63) is 52.3 Å². The molecule has 0 aliphatic heterocycles. The molecule has 0 aliphatic rings. The van der Waals surface area contributed by atoms with E-state index in [1.165, 1.54) is 23.0 Å². The fraction of sp³-hybridized carbons (Fsp3) is 0.250. The molecule has 1 aromatic heterocycles. The highest BCUT2D eigenvalue weighted by Gasteiger charge is 2.17. The number of nitrogens with zero attached hydrogens (tertiary/aromatic N) is 2. The molecule has 0 fully saturated rings. The molecule has 0 saturated heterocycles. The minimum absolute atomic E-state index is 0.0634. The maximum Gasteiger partial charge on any atom is 0.126 e. The first-order valence-corrected chi connectivity index (χ1v) is 5.65.